The second-order valence-electron chi connectivity index (χ2n) is 4.07. The van der Waals surface area contributed by atoms with Crippen LogP contribution in [-0.4, -0.2) is 11.5 Å². The van der Waals surface area contributed by atoms with E-state index in [0.717, 1.165) is 31.5 Å². The number of benzene rings is 1. The van der Waals surface area contributed by atoms with Gasteiger partial charge in [0, 0.05) is 17.4 Å². The van der Waals surface area contributed by atoms with Crippen molar-refractivity contribution in [1.82, 2.24) is 4.98 Å². The third-order valence-electron chi connectivity index (χ3n) is 2.80. The van der Waals surface area contributed by atoms with Crippen molar-refractivity contribution >= 4 is 11.3 Å². The maximum Gasteiger partial charge on any atom is 0.0933 e. The molecule has 0 amide bonds. The first-order valence-electron chi connectivity index (χ1n) is 6.07. The first kappa shape index (κ1) is 12.3. The van der Waals surface area contributed by atoms with Gasteiger partial charge in [-0.3, -0.25) is 0 Å². The van der Waals surface area contributed by atoms with Crippen LogP contribution in [-0.2, 0) is 12.8 Å². The van der Waals surface area contributed by atoms with Gasteiger partial charge in [-0.05, 0) is 24.9 Å². The topological polar surface area (TPSA) is 38.9 Å². The van der Waals surface area contributed by atoms with Gasteiger partial charge in [0.05, 0.1) is 10.7 Å². The lowest BCUT2D eigenvalue weighted by atomic mass is 10.1. The number of thiazole rings is 1. The fraction of sp³-hybridized carbons (Fsp3) is 0.357. The van der Waals surface area contributed by atoms with Gasteiger partial charge >= 0.3 is 0 Å². The van der Waals surface area contributed by atoms with Crippen LogP contribution < -0.4 is 5.73 Å². The van der Waals surface area contributed by atoms with Crippen molar-refractivity contribution in [1.29, 1.82) is 0 Å². The standard InChI is InChI=1S/C14H18N2S/c1-2-11-5-7-12(8-6-11)13-10-17-14(16-13)4-3-9-15/h5-8,10H,2-4,9,15H2,1H3. The molecular formula is C14H18N2S. The predicted molar refractivity (Wildman–Crippen MR) is 74.3 cm³/mol. The van der Waals surface area contributed by atoms with Crippen molar-refractivity contribution in [3.63, 3.8) is 0 Å². The second kappa shape index (κ2) is 5.94. The van der Waals surface area contributed by atoms with Gasteiger partial charge in [0.1, 0.15) is 0 Å². The smallest absolute Gasteiger partial charge is 0.0933 e. The maximum atomic E-state index is 5.50. The van der Waals surface area contributed by atoms with Crippen LogP contribution in [0, 0.1) is 0 Å². The van der Waals surface area contributed by atoms with Crippen LogP contribution in [0.5, 0.6) is 0 Å². The number of aryl methyl sites for hydroxylation is 2. The maximum absolute atomic E-state index is 5.50. The zero-order valence-corrected chi connectivity index (χ0v) is 11.0. The highest BCUT2D eigenvalue weighted by molar-refractivity contribution is 7.09. The molecule has 0 aliphatic rings. The summed E-state index contributed by atoms with van der Waals surface area (Å²) in [6.45, 7) is 2.91. The Morgan fingerprint density at radius 2 is 2.00 bits per heavy atom. The average Bonchev–Trinajstić information content (AvgIpc) is 2.85. The number of hydrogen-bond donors (Lipinski definition) is 1. The van der Waals surface area contributed by atoms with Gasteiger partial charge in [-0.25, -0.2) is 4.98 Å². The zero-order chi connectivity index (χ0) is 12.1. The number of aromatic nitrogens is 1. The molecule has 1 heterocycles. The van der Waals surface area contributed by atoms with Crippen molar-refractivity contribution in [2.45, 2.75) is 26.2 Å². The largest absolute Gasteiger partial charge is 0.330 e. The number of nitrogens with two attached hydrogens (primary N) is 1. The molecule has 0 bridgehead atoms. The molecular weight excluding hydrogens is 228 g/mol. The van der Waals surface area contributed by atoms with E-state index in [-0.39, 0.29) is 0 Å². The van der Waals surface area contributed by atoms with E-state index in [2.05, 4.69) is 41.6 Å². The minimum absolute atomic E-state index is 0.736. The summed E-state index contributed by atoms with van der Waals surface area (Å²) in [6, 6.07) is 8.66. The molecule has 0 aliphatic carbocycles. The van der Waals surface area contributed by atoms with Gasteiger partial charge in [0.25, 0.3) is 0 Å². The first-order chi connectivity index (χ1) is 8.33. The zero-order valence-electron chi connectivity index (χ0n) is 10.1. The molecule has 0 saturated heterocycles. The third kappa shape index (κ3) is 3.14. The molecule has 0 unspecified atom stereocenters. The van der Waals surface area contributed by atoms with Gasteiger partial charge in [-0.15, -0.1) is 11.3 Å². The summed E-state index contributed by atoms with van der Waals surface area (Å²) in [7, 11) is 0. The van der Waals surface area contributed by atoms with E-state index in [4.69, 9.17) is 5.73 Å². The van der Waals surface area contributed by atoms with Gasteiger partial charge in [0.2, 0.25) is 0 Å². The van der Waals surface area contributed by atoms with Crippen molar-refractivity contribution in [3.05, 3.63) is 40.2 Å². The van der Waals surface area contributed by atoms with Crippen molar-refractivity contribution < 1.29 is 0 Å². The fourth-order valence-corrected chi connectivity index (χ4v) is 2.57. The quantitative estimate of drug-likeness (QED) is 0.879. The van der Waals surface area contributed by atoms with E-state index in [9.17, 15) is 0 Å². The minimum Gasteiger partial charge on any atom is -0.330 e. The lowest BCUT2D eigenvalue weighted by Crippen LogP contribution is -1.99. The Kier molecular flexibility index (Phi) is 4.29. The Balaban J connectivity index is 2.12. The normalized spacial score (nSPS) is 10.7. The highest BCUT2D eigenvalue weighted by atomic mass is 32.1. The predicted octanol–water partition coefficient (Wildman–Crippen LogP) is 3.26. The second-order valence-corrected chi connectivity index (χ2v) is 5.01. The Hall–Kier alpha value is -1.19. The van der Waals surface area contributed by atoms with Gasteiger partial charge in [-0.2, -0.15) is 0 Å². The lowest BCUT2D eigenvalue weighted by molar-refractivity contribution is 0.827. The summed E-state index contributed by atoms with van der Waals surface area (Å²) >= 11 is 1.73. The van der Waals surface area contributed by atoms with Crippen molar-refractivity contribution in [2.24, 2.45) is 5.73 Å². The molecule has 90 valence electrons. The monoisotopic (exact) mass is 246 g/mol. The number of rotatable bonds is 5. The van der Waals surface area contributed by atoms with E-state index < -0.39 is 0 Å². The summed E-state index contributed by atoms with van der Waals surface area (Å²) in [4.78, 5) is 4.64. The molecule has 0 radical (unpaired) electrons. The molecule has 2 nitrogen and oxygen atoms in total. The van der Waals surface area contributed by atoms with E-state index in [0.29, 0.717) is 0 Å². The minimum atomic E-state index is 0.736. The summed E-state index contributed by atoms with van der Waals surface area (Å²) in [6.07, 6.45) is 3.09. The van der Waals surface area contributed by atoms with Gasteiger partial charge in [0.15, 0.2) is 0 Å². The molecule has 0 atom stereocenters. The molecule has 0 saturated carbocycles. The number of nitrogens with zero attached hydrogens (tertiary/aromatic N) is 1. The van der Waals surface area contributed by atoms with Crippen LogP contribution in [0.25, 0.3) is 11.3 Å². The van der Waals surface area contributed by atoms with Crippen LogP contribution in [0.3, 0.4) is 0 Å². The molecule has 2 N–H and O–H groups in total. The van der Waals surface area contributed by atoms with E-state index >= 15 is 0 Å². The van der Waals surface area contributed by atoms with Crippen molar-refractivity contribution in [2.75, 3.05) is 6.54 Å². The Bertz CT molecular complexity index is 459. The van der Waals surface area contributed by atoms with Crippen LogP contribution in [0.1, 0.15) is 23.9 Å². The lowest BCUT2D eigenvalue weighted by Gasteiger charge is -1.99. The van der Waals surface area contributed by atoms with E-state index in [1.165, 1.54) is 16.1 Å². The molecule has 1 aromatic heterocycles. The molecule has 1 aromatic carbocycles. The first-order valence-corrected chi connectivity index (χ1v) is 6.95. The molecule has 0 fully saturated rings. The Labute approximate surface area is 107 Å². The summed E-state index contributed by atoms with van der Waals surface area (Å²) < 4.78 is 0. The Morgan fingerprint density at radius 1 is 1.24 bits per heavy atom. The van der Waals surface area contributed by atoms with E-state index in [1.54, 1.807) is 11.3 Å². The molecule has 0 aliphatic heterocycles. The van der Waals surface area contributed by atoms with Crippen LogP contribution >= 0.6 is 11.3 Å². The van der Waals surface area contributed by atoms with Crippen molar-refractivity contribution in [3.8, 4) is 11.3 Å². The van der Waals surface area contributed by atoms with E-state index in [1.807, 2.05) is 0 Å². The molecule has 3 heteroatoms. The number of hydrogen-bond acceptors (Lipinski definition) is 3. The highest BCUT2D eigenvalue weighted by Crippen LogP contribution is 2.23. The summed E-state index contributed by atoms with van der Waals surface area (Å²) in [5.74, 6) is 0. The van der Waals surface area contributed by atoms with Crippen LogP contribution in [0.4, 0.5) is 0 Å². The third-order valence-corrected chi connectivity index (χ3v) is 3.71. The molecule has 2 aromatic rings. The van der Waals surface area contributed by atoms with Gasteiger partial charge in [-0.1, -0.05) is 31.2 Å². The average molecular weight is 246 g/mol. The SMILES string of the molecule is CCc1ccc(-c2csc(CCCN)n2)cc1. The highest BCUT2D eigenvalue weighted by Gasteiger charge is 2.04. The summed E-state index contributed by atoms with van der Waals surface area (Å²) in [5, 5.41) is 3.32. The van der Waals surface area contributed by atoms with Crippen LogP contribution in [0.2, 0.25) is 0 Å². The van der Waals surface area contributed by atoms with Crippen LogP contribution in [0.15, 0.2) is 29.6 Å². The molecule has 0 spiro atoms. The Morgan fingerprint density at radius 3 is 2.65 bits per heavy atom. The fourth-order valence-electron chi connectivity index (χ4n) is 1.72. The summed E-state index contributed by atoms with van der Waals surface area (Å²) in [5.41, 5.74) is 9.16. The van der Waals surface area contributed by atoms with Gasteiger partial charge < -0.3 is 5.73 Å². The molecule has 17 heavy (non-hydrogen) atoms. The molecule has 2 rings (SSSR count).